The number of hydrogen-bond acceptors (Lipinski definition) is 2. The molecule has 0 aliphatic carbocycles. The van der Waals surface area contributed by atoms with Gasteiger partial charge < -0.3 is 4.57 Å². The molecule has 3 heterocycles. The highest BCUT2D eigenvalue weighted by molar-refractivity contribution is 7.26. The van der Waals surface area contributed by atoms with Crippen molar-refractivity contribution in [1.82, 2.24) is 9.55 Å². The second-order valence-corrected chi connectivity index (χ2v) is 15.4. The topological polar surface area (TPSA) is 17.8 Å². The number of nitrogens with zero attached hydrogens (tertiary/aromatic N) is 2. The quantitative estimate of drug-likeness (QED) is 0.167. The number of hydrogen-bond donors (Lipinski definition) is 0. The van der Waals surface area contributed by atoms with Crippen LogP contribution in [-0.2, 0) is 0 Å². The third kappa shape index (κ3) is 5.44. The van der Waals surface area contributed by atoms with E-state index in [1.54, 1.807) is 0 Å². The molecule has 0 radical (unpaired) electrons. The molecule has 0 atom stereocenters. The minimum absolute atomic E-state index is 0.947. The summed E-state index contributed by atoms with van der Waals surface area (Å²) in [6.45, 7) is 0. The smallest absolute Gasteiger partial charge is 0.0708 e. The fourth-order valence-electron chi connectivity index (χ4n) is 8.40. The SMILES string of the molecule is c1ccc(-c2ccnc(-c3cccc(-n4c5ccc(-c6cccc7c6sc6ccccc67)cc5c5cc(-c6ccccc6)cc(-c6ccccc6)c54)c3)c2)cc1. The average molecular weight is 731 g/mol. The van der Waals surface area contributed by atoms with Crippen LogP contribution in [0.2, 0.25) is 0 Å². The van der Waals surface area contributed by atoms with Gasteiger partial charge in [-0.1, -0.05) is 146 Å². The first-order valence-corrected chi connectivity index (χ1v) is 19.8. The highest BCUT2D eigenvalue weighted by atomic mass is 32.1. The molecule has 0 aliphatic heterocycles. The van der Waals surface area contributed by atoms with E-state index in [1.165, 1.54) is 75.4 Å². The molecule has 0 saturated carbocycles. The predicted octanol–water partition coefficient (Wildman–Crippen LogP) is 14.9. The van der Waals surface area contributed by atoms with Crippen LogP contribution in [0.15, 0.2) is 206 Å². The van der Waals surface area contributed by atoms with Crippen molar-refractivity contribution in [3.63, 3.8) is 0 Å². The van der Waals surface area contributed by atoms with Gasteiger partial charge in [0.1, 0.15) is 0 Å². The number of pyridine rings is 1. The molecule has 0 spiro atoms. The Morgan fingerprint density at radius 1 is 0.375 bits per heavy atom. The fourth-order valence-corrected chi connectivity index (χ4v) is 9.63. The second-order valence-electron chi connectivity index (χ2n) is 14.3. The zero-order chi connectivity index (χ0) is 37.0. The number of fused-ring (bicyclic) bond motifs is 6. The van der Waals surface area contributed by atoms with Gasteiger partial charge in [0.25, 0.3) is 0 Å². The number of benzene rings is 8. The molecule has 0 unspecified atom stereocenters. The van der Waals surface area contributed by atoms with Crippen molar-refractivity contribution in [2.75, 3.05) is 0 Å². The van der Waals surface area contributed by atoms with Crippen LogP contribution < -0.4 is 0 Å². The normalized spacial score (nSPS) is 11.6. The molecular weight excluding hydrogens is 697 g/mol. The molecule has 3 aromatic heterocycles. The molecule has 0 amide bonds. The summed E-state index contributed by atoms with van der Waals surface area (Å²) in [6.07, 6.45) is 1.92. The van der Waals surface area contributed by atoms with Gasteiger partial charge in [-0.15, -0.1) is 11.3 Å². The molecule has 0 saturated heterocycles. The van der Waals surface area contributed by atoms with Gasteiger partial charge in [-0.25, -0.2) is 0 Å². The number of aromatic nitrogens is 2. The maximum Gasteiger partial charge on any atom is 0.0708 e. The van der Waals surface area contributed by atoms with E-state index in [1.807, 2.05) is 17.5 Å². The zero-order valence-electron chi connectivity index (χ0n) is 30.4. The van der Waals surface area contributed by atoms with Crippen molar-refractivity contribution in [3.05, 3.63) is 206 Å². The van der Waals surface area contributed by atoms with Crippen LogP contribution in [0, 0.1) is 0 Å². The minimum Gasteiger partial charge on any atom is -0.309 e. The third-order valence-corrected chi connectivity index (χ3v) is 12.3. The standard InChI is InChI=1S/C53H34N2S/c1-4-14-35(15-5-1)38-28-29-54-49(34-38)40-20-12-21-42(30-40)55-50-27-26-39(43-23-13-24-45-44-22-10-11-25-51(44)56-53(43)45)31-47(50)48-33-41(36-16-6-2-7-17-36)32-46(52(48)55)37-18-8-3-9-19-37/h1-34H. The summed E-state index contributed by atoms with van der Waals surface area (Å²) in [5.41, 5.74) is 15.1. The Balaban J connectivity index is 1.19. The van der Waals surface area contributed by atoms with E-state index in [0.29, 0.717) is 0 Å². The largest absolute Gasteiger partial charge is 0.309 e. The Hall–Kier alpha value is -7.07. The molecule has 262 valence electrons. The lowest BCUT2D eigenvalue weighted by Crippen LogP contribution is -1.97. The maximum atomic E-state index is 4.87. The van der Waals surface area contributed by atoms with Gasteiger partial charge in [-0.05, 0) is 93.5 Å². The highest BCUT2D eigenvalue weighted by Crippen LogP contribution is 2.45. The lowest BCUT2D eigenvalue weighted by molar-refractivity contribution is 1.18. The Bertz CT molecular complexity index is 3230. The molecule has 0 aliphatic rings. The van der Waals surface area contributed by atoms with Gasteiger partial charge in [-0.3, -0.25) is 4.98 Å². The molecule has 3 heteroatoms. The molecule has 0 bridgehead atoms. The van der Waals surface area contributed by atoms with E-state index in [9.17, 15) is 0 Å². The first kappa shape index (κ1) is 32.4. The van der Waals surface area contributed by atoms with Gasteiger partial charge in [0.15, 0.2) is 0 Å². The zero-order valence-corrected chi connectivity index (χ0v) is 31.2. The first-order valence-electron chi connectivity index (χ1n) is 19.0. The van der Waals surface area contributed by atoms with Crippen LogP contribution in [0.3, 0.4) is 0 Å². The van der Waals surface area contributed by atoms with E-state index in [2.05, 4.69) is 205 Å². The number of thiophene rings is 1. The molecule has 8 aromatic carbocycles. The Morgan fingerprint density at radius 3 is 1.84 bits per heavy atom. The van der Waals surface area contributed by atoms with Crippen molar-refractivity contribution < 1.29 is 0 Å². The molecular formula is C53H34N2S. The molecule has 11 rings (SSSR count). The summed E-state index contributed by atoms with van der Waals surface area (Å²) < 4.78 is 5.11. The van der Waals surface area contributed by atoms with Crippen molar-refractivity contribution >= 4 is 53.3 Å². The van der Waals surface area contributed by atoms with Gasteiger partial charge in [-0.2, -0.15) is 0 Å². The average Bonchev–Trinajstić information content (AvgIpc) is 3.83. The second kappa shape index (κ2) is 13.3. The summed E-state index contributed by atoms with van der Waals surface area (Å²) >= 11 is 1.88. The maximum absolute atomic E-state index is 4.87. The summed E-state index contributed by atoms with van der Waals surface area (Å²) in [7, 11) is 0. The lowest BCUT2D eigenvalue weighted by atomic mass is 9.95. The summed E-state index contributed by atoms with van der Waals surface area (Å²) in [4.78, 5) is 4.87. The van der Waals surface area contributed by atoms with E-state index in [4.69, 9.17) is 4.98 Å². The van der Waals surface area contributed by atoms with Crippen LogP contribution in [0.4, 0.5) is 0 Å². The molecule has 2 nitrogen and oxygen atoms in total. The van der Waals surface area contributed by atoms with E-state index < -0.39 is 0 Å². The van der Waals surface area contributed by atoms with Gasteiger partial charge >= 0.3 is 0 Å². The Morgan fingerprint density at radius 2 is 1.04 bits per heavy atom. The van der Waals surface area contributed by atoms with Crippen molar-refractivity contribution in [1.29, 1.82) is 0 Å². The van der Waals surface area contributed by atoms with Crippen LogP contribution in [0.1, 0.15) is 0 Å². The number of rotatable bonds is 6. The van der Waals surface area contributed by atoms with Gasteiger partial charge in [0, 0.05) is 54.0 Å². The van der Waals surface area contributed by atoms with Crippen LogP contribution in [0.5, 0.6) is 0 Å². The highest BCUT2D eigenvalue weighted by Gasteiger charge is 2.21. The molecule has 56 heavy (non-hydrogen) atoms. The molecule has 0 fully saturated rings. The predicted molar refractivity (Wildman–Crippen MR) is 239 cm³/mol. The summed E-state index contributed by atoms with van der Waals surface area (Å²) in [5.74, 6) is 0. The van der Waals surface area contributed by atoms with Gasteiger partial charge in [0.2, 0.25) is 0 Å². The Labute approximate surface area is 329 Å². The monoisotopic (exact) mass is 730 g/mol. The third-order valence-electron chi connectivity index (χ3n) is 11.0. The molecule has 0 N–H and O–H groups in total. The Kier molecular flexibility index (Phi) is 7.72. The fraction of sp³-hybridized carbons (Fsp3) is 0. The summed E-state index contributed by atoms with van der Waals surface area (Å²) in [6, 6.07) is 72.6. The van der Waals surface area contributed by atoms with Crippen LogP contribution in [0.25, 0.3) is 103 Å². The van der Waals surface area contributed by atoms with Crippen molar-refractivity contribution in [3.8, 4) is 61.5 Å². The van der Waals surface area contributed by atoms with Crippen molar-refractivity contribution in [2.45, 2.75) is 0 Å². The molecule has 11 aromatic rings. The van der Waals surface area contributed by atoms with E-state index in [-0.39, 0.29) is 0 Å². The van der Waals surface area contributed by atoms with Crippen LogP contribution >= 0.6 is 11.3 Å². The van der Waals surface area contributed by atoms with Gasteiger partial charge in [0.05, 0.1) is 16.7 Å². The van der Waals surface area contributed by atoms with Crippen molar-refractivity contribution in [2.24, 2.45) is 0 Å². The minimum atomic E-state index is 0.947. The van der Waals surface area contributed by atoms with E-state index >= 15 is 0 Å². The first-order chi connectivity index (χ1) is 27.8. The van der Waals surface area contributed by atoms with E-state index in [0.717, 1.165) is 28.0 Å². The van der Waals surface area contributed by atoms with Crippen LogP contribution in [-0.4, -0.2) is 9.55 Å². The lowest BCUT2D eigenvalue weighted by Gasteiger charge is -2.15. The summed E-state index contributed by atoms with van der Waals surface area (Å²) in [5, 5.41) is 5.07.